The molecule has 0 radical (unpaired) electrons. The molecule has 1 heterocycles. The number of nitrogens with two attached hydrogens (primary N) is 1. The first-order chi connectivity index (χ1) is 9.47. The van der Waals surface area contributed by atoms with Gasteiger partial charge in [0, 0.05) is 10.8 Å². The lowest BCUT2D eigenvalue weighted by molar-refractivity contribution is -0.121. The maximum atomic E-state index is 12.4. The number of aryl methyl sites for hydroxylation is 1. The summed E-state index contributed by atoms with van der Waals surface area (Å²) in [5.41, 5.74) is 6.79. The highest BCUT2D eigenvalue weighted by Gasteiger charge is 2.43. The van der Waals surface area contributed by atoms with Gasteiger partial charge in [0.25, 0.3) is 5.91 Å². The quantitative estimate of drug-likeness (QED) is 0.899. The van der Waals surface area contributed by atoms with Crippen molar-refractivity contribution in [2.24, 2.45) is 23.5 Å². The minimum Gasteiger partial charge on any atom is -0.365 e. The summed E-state index contributed by atoms with van der Waals surface area (Å²) < 4.78 is 0. The second-order valence-corrected chi connectivity index (χ2v) is 7.35. The lowest BCUT2D eigenvalue weighted by Gasteiger charge is -2.20. The van der Waals surface area contributed by atoms with Gasteiger partial charge in [0.15, 0.2) is 0 Å². The Balaban J connectivity index is 1.79. The molecule has 3 N–H and O–H groups in total. The molecule has 0 aliphatic heterocycles. The van der Waals surface area contributed by atoms with Gasteiger partial charge >= 0.3 is 0 Å². The first kappa shape index (κ1) is 13.6. The molecule has 0 aromatic carbocycles. The zero-order valence-corrected chi connectivity index (χ0v) is 12.7. The third kappa shape index (κ3) is 2.14. The number of primary amides is 1. The fourth-order valence-corrected chi connectivity index (χ4v) is 4.85. The third-order valence-corrected chi connectivity index (χ3v) is 6.07. The summed E-state index contributed by atoms with van der Waals surface area (Å²) in [5.74, 6) is 1.01. The summed E-state index contributed by atoms with van der Waals surface area (Å²) in [4.78, 5) is 25.0. The van der Waals surface area contributed by atoms with Gasteiger partial charge in [0.2, 0.25) is 5.91 Å². The van der Waals surface area contributed by atoms with E-state index in [1.807, 2.05) is 13.8 Å². The number of hydrogen-bond acceptors (Lipinski definition) is 3. The van der Waals surface area contributed by atoms with Crippen LogP contribution in [0.4, 0.5) is 5.00 Å². The molecule has 2 aliphatic rings. The smallest absolute Gasteiger partial charge is 0.251 e. The molecule has 2 saturated carbocycles. The topological polar surface area (TPSA) is 72.2 Å². The Bertz CT molecular complexity index is 579. The number of anilines is 1. The van der Waals surface area contributed by atoms with Gasteiger partial charge in [0.1, 0.15) is 5.00 Å². The Kier molecular flexibility index (Phi) is 3.32. The predicted octanol–water partition coefficient (Wildman–Crippen LogP) is 2.84. The molecule has 20 heavy (non-hydrogen) atoms. The van der Waals surface area contributed by atoms with Gasteiger partial charge < -0.3 is 11.1 Å². The Labute approximate surface area is 122 Å². The van der Waals surface area contributed by atoms with Crippen LogP contribution >= 0.6 is 11.3 Å². The van der Waals surface area contributed by atoms with Crippen molar-refractivity contribution < 1.29 is 9.59 Å². The molecule has 2 aliphatic carbocycles. The molecule has 0 spiro atoms. The number of fused-ring (bicyclic) bond motifs is 2. The largest absolute Gasteiger partial charge is 0.365 e. The molecule has 108 valence electrons. The molecule has 0 saturated heterocycles. The maximum Gasteiger partial charge on any atom is 0.251 e. The molecule has 3 atom stereocenters. The van der Waals surface area contributed by atoms with Crippen molar-refractivity contribution in [1.82, 2.24) is 0 Å². The Hall–Kier alpha value is -1.36. The van der Waals surface area contributed by atoms with E-state index in [4.69, 9.17) is 5.73 Å². The Morgan fingerprint density at radius 1 is 1.25 bits per heavy atom. The van der Waals surface area contributed by atoms with Crippen molar-refractivity contribution in [2.75, 3.05) is 5.32 Å². The fourth-order valence-electron chi connectivity index (χ4n) is 3.78. The summed E-state index contributed by atoms with van der Waals surface area (Å²) in [5, 5.41) is 3.58. The van der Waals surface area contributed by atoms with E-state index in [0.29, 0.717) is 16.5 Å². The van der Waals surface area contributed by atoms with Crippen LogP contribution in [0.25, 0.3) is 0 Å². The van der Waals surface area contributed by atoms with Crippen molar-refractivity contribution >= 4 is 28.2 Å². The highest BCUT2D eigenvalue weighted by molar-refractivity contribution is 7.16. The molecule has 2 fully saturated rings. The summed E-state index contributed by atoms with van der Waals surface area (Å²) in [6, 6.07) is 0. The average Bonchev–Trinajstić information content (AvgIpc) is 3.05. The van der Waals surface area contributed by atoms with E-state index in [2.05, 4.69) is 5.32 Å². The second-order valence-electron chi connectivity index (χ2n) is 6.12. The van der Waals surface area contributed by atoms with E-state index in [1.54, 1.807) is 0 Å². The number of amides is 2. The maximum absolute atomic E-state index is 12.4. The van der Waals surface area contributed by atoms with Crippen molar-refractivity contribution in [3.05, 3.63) is 16.0 Å². The van der Waals surface area contributed by atoms with Crippen LogP contribution in [0.5, 0.6) is 0 Å². The third-order valence-electron chi connectivity index (χ3n) is 4.94. The highest BCUT2D eigenvalue weighted by Crippen LogP contribution is 2.48. The molecular formula is C15H20N2O2S. The normalized spacial score (nSPS) is 27.8. The van der Waals surface area contributed by atoms with Gasteiger partial charge in [-0.3, -0.25) is 9.59 Å². The Morgan fingerprint density at radius 2 is 2.00 bits per heavy atom. The van der Waals surface area contributed by atoms with Gasteiger partial charge in [-0.25, -0.2) is 0 Å². The molecule has 3 rings (SSSR count). The molecule has 1 aromatic heterocycles. The molecule has 2 bridgehead atoms. The second kappa shape index (κ2) is 4.88. The van der Waals surface area contributed by atoms with Crippen LogP contribution < -0.4 is 11.1 Å². The number of thiophene rings is 1. The van der Waals surface area contributed by atoms with Crippen molar-refractivity contribution in [3.63, 3.8) is 0 Å². The van der Waals surface area contributed by atoms with Crippen LogP contribution in [0, 0.1) is 31.6 Å². The zero-order chi connectivity index (χ0) is 14.4. The van der Waals surface area contributed by atoms with Crippen LogP contribution in [0.3, 0.4) is 0 Å². The van der Waals surface area contributed by atoms with Gasteiger partial charge in [-0.15, -0.1) is 11.3 Å². The fraction of sp³-hybridized carbons (Fsp3) is 0.600. The van der Waals surface area contributed by atoms with Crippen molar-refractivity contribution in [3.8, 4) is 0 Å². The van der Waals surface area contributed by atoms with Crippen molar-refractivity contribution in [2.45, 2.75) is 39.5 Å². The molecule has 3 unspecified atom stereocenters. The predicted molar refractivity (Wildman–Crippen MR) is 79.9 cm³/mol. The van der Waals surface area contributed by atoms with Gasteiger partial charge in [0.05, 0.1) is 5.56 Å². The first-order valence-corrected chi connectivity index (χ1v) is 7.99. The minimum atomic E-state index is -0.463. The molecule has 5 heteroatoms. The van der Waals surface area contributed by atoms with E-state index in [9.17, 15) is 9.59 Å². The molecular weight excluding hydrogens is 272 g/mol. The minimum absolute atomic E-state index is 0.0703. The lowest BCUT2D eigenvalue weighted by atomic mass is 9.88. The number of carbonyl (C=O) groups is 2. The summed E-state index contributed by atoms with van der Waals surface area (Å²) in [7, 11) is 0. The van der Waals surface area contributed by atoms with Gasteiger partial charge in [-0.05, 0) is 50.5 Å². The number of rotatable bonds is 3. The van der Waals surface area contributed by atoms with Crippen LogP contribution in [0.1, 0.15) is 46.5 Å². The van der Waals surface area contributed by atoms with Crippen LogP contribution in [-0.4, -0.2) is 11.8 Å². The van der Waals surface area contributed by atoms with Crippen molar-refractivity contribution in [1.29, 1.82) is 0 Å². The van der Waals surface area contributed by atoms with Crippen LogP contribution in [-0.2, 0) is 4.79 Å². The zero-order valence-electron chi connectivity index (χ0n) is 11.9. The molecule has 1 aromatic rings. The first-order valence-electron chi connectivity index (χ1n) is 7.18. The average molecular weight is 292 g/mol. The SMILES string of the molecule is Cc1sc(NC(=O)C2CC3CCC2C3)c(C(N)=O)c1C. The van der Waals surface area contributed by atoms with E-state index >= 15 is 0 Å². The molecule has 2 amide bonds. The number of nitrogens with one attached hydrogen (secondary N) is 1. The Morgan fingerprint density at radius 3 is 2.55 bits per heavy atom. The lowest BCUT2D eigenvalue weighted by Crippen LogP contribution is -2.27. The van der Waals surface area contributed by atoms with E-state index in [0.717, 1.165) is 22.8 Å². The highest BCUT2D eigenvalue weighted by atomic mass is 32.1. The standard InChI is InChI=1S/C15H20N2O2S/c1-7-8(2)20-15(12(7)13(16)18)17-14(19)11-6-9-3-4-10(11)5-9/h9-11H,3-6H2,1-2H3,(H2,16,18)(H,17,19). The van der Waals surface area contributed by atoms with Gasteiger partial charge in [-0.1, -0.05) is 6.42 Å². The van der Waals surface area contributed by atoms with Crippen LogP contribution in [0.2, 0.25) is 0 Å². The van der Waals surface area contributed by atoms with Crippen LogP contribution in [0.15, 0.2) is 0 Å². The monoisotopic (exact) mass is 292 g/mol. The van der Waals surface area contributed by atoms with E-state index in [-0.39, 0.29) is 11.8 Å². The number of carbonyl (C=O) groups excluding carboxylic acids is 2. The van der Waals surface area contributed by atoms with E-state index in [1.165, 1.54) is 30.6 Å². The summed E-state index contributed by atoms with van der Waals surface area (Å²) >= 11 is 1.44. The number of hydrogen-bond donors (Lipinski definition) is 2. The van der Waals surface area contributed by atoms with Gasteiger partial charge in [-0.2, -0.15) is 0 Å². The molecule has 4 nitrogen and oxygen atoms in total. The summed E-state index contributed by atoms with van der Waals surface area (Å²) in [6.07, 6.45) is 4.65. The summed E-state index contributed by atoms with van der Waals surface area (Å²) in [6.45, 7) is 3.82. The van der Waals surface area contributed by atoms with E-state index < -0.39 is 5.91 Å².